The Kier molecular flexibility index (Phi) is 2.37. The van der Waals surface area contributed by atoms with Gasteiger partial charge in [0.05, 0.1) is 0 Å². The Hall–Kier alpha value is -1.90. The highest BCUT2D eigenvalue weighted by Crippen LogP contribution is 2.22. The summed E-state index contributed by atoms with van der Waals surface area (Å²) in [7, 11) is 0. The fourth-order valence-electron chi connectivity index (χ4n) is 1.37. The van der Waals surface area contributed by atoms with E-state index in [0.717, 1.165) is 5.56 Å². The van der Waals surface area contributed by atoms with Gasteiger partial charge in [-0.25, -0.2) is 0 Å². The number of hydrogen-bond donors (Lipinski definition) is 0. The first-order valence-corrected chi connectivity index (χ1v) is 4.71. The summed E-state index contributed by atoms with van der Waals surface area (Å²) in [6.45, 7) is 1.55. The Morgan fingerprint density at radius 3 is 2.40 bits per heavy atom. The van der Waals surface area contributed by atoms with Crippen molar-refractivity contribution in [3.05, 3.63) is 41.7 Å². The van der Waals surface area contributed by atoms with E-state index in [9.17, 15) is 9.59 Å². The van der Waals surface area contributed by atoms with Gasteiger partial charge >= 0.3 is 5.97 Å². The maximum absolute atomic E-state index is 11.5. The van der Waals surface area contributed by atoms with Crippen LogP contribution in [0.4, 0.5) is 0 Å². The van der Waals surface area contributed by atoms with Crippen molar-refractivity contribution >= 4 is 17.8 Å². The third kappa shape index (κ3) is 1.81. The third-order valence-electron chi connectivity index (χ3n) is 2.30. The zero-order chi connectivity index (χ0) is 10.8. The van der Waals surface area contributed by atoms with Crippen LogP contribution in [-0.2, 0) is 14.3 Å². The Bertz CT molecular complexity index is 431. The number of carbonyl (C=O) groups is 2. The molecule has 0 bridgehead atoms. The fourth-order valence-corrected chi connectivity index (χ4v) is 1.37. The molecule has 0 aliphatic carbocycles. The minimum atomic E-state index is -0.667. The van der Waals surface area contributed by atoms with Crippen LogP contribution in [0.5, 0.6) is 0 Å². The predicted octanol–water partition coefficient (Wildman–Crippen LogP) is 1.79. The standard InChI is InChI=1S/C12H10O3/c1-8-11(13)10(15-12(8)14)7-9-5-3-2-4-6-9/h2-8H,1H3/b10-7+. The smallest absolute Gasteiger partial charge is 0.322 e. The van der Waals surface area contributed by atoms with Crippen LogP contribution >= 0.6 is 0 Å². The number of ketones is 1. The molecule has 3 heteroatoms. The van der Waals surface area contributed by atoms with E-state index in [1.165, 1.54) is 0 Å². The molecule has 0 saturated carbocycles. The van der Waals surface area contributed by atoms with Crippen molar-refractivity contribution < 1.29 is 14.3 Å². The van der Waals surface area contributed by atoms with Gasteiger partial charge in [-0.2, -0.15) is 0 Å². The van der Waals surface area contributed by atoms with Gasteiger partial charge in [-0.15, -0.1) is 0 Å². The van der Waals surface area contributed by atoms with E-state index in [2.05, 4.69) is 0 Å². The summed E-state index contributed by atoms with van der Waals surface area (Å²) in [4.78, 5) is 22.6. The van der Waals surface area contributed by atoms with Crippen molar-refractivity contribution in [3.8, 4) is 0 Å². The Morgan fingerprint density at radius 2 is 1.87 bits per heavy atom. The molecule has 76 valence electrons. The molecule has 1 saturated heterocycles. The summed E-state index contributed by atoms with van der Waals surface area (Å²) in [6.07, 6.45) is 1.59. The molecule has 0 spiro atoms. The van der Waals surface area contributed by atoms with Gasteiger partial charge < -0.3 is 4.74 Å². The average Bonchev–Trinajstić information content (AvgIpc) is 2.48. The molecule has 1 aromatic rings. The van der Waals surface area contributed by atoms with E-state index in [1.54, 1.807) is 13.0 Å². The van der Waals surface area contributed by atoms with Crippen molar-refractivity contribution in [1.29, 1.82) is 0 Å². The Morgan fingerprint density at radius 1 is 1.20 bits per heavy atom. The van der Waals surface area contributed by atoms with Crippen molar-refractivity contribution in [2.75, 3.05) is 0 Å². The predicted molar refractivity (Wildman–Crippen MR) is 54.7 cm³/mol. The number of benzene rings is 1. The van der Waals surface area contributed by atoms with Crippen molar-refractivity contribution in [2.45, 2.75) is 6.92 Å². The van der Waals surface area contributed by atoms with E-state index in [0.29, 0.717) is 0 Å². The average molecular weight is 202 g/mol. The van der Waals surface area contributed by atoms with Crippen molar-refractivity contribution in [2.24, 2.45) is 5.92 Å². The number of carbonyl (C=O) groups excluding carboxylic acids is 2. The highest BCUT2D eigenvalue weighted by Gasteiger charge is 2.35. The summed E-state index contributed by atoms with van der Waals surface area (Å²) in [5, 5.41) is 0. The van der Waals surface area contributed by atoms with E-state index < -0.39 is 11.9 Å². The van der Waals surface area contributed by atoms with Crippen molar-refractivity contribution in [1.82, 2.24) is 0 Å². The number of hydrogen-bond acceptors (Lipinski definition) is 3. The van der Waals surface area contributed by atoms with Gasteiger partial charge in [0, 0.05) is 0 Å². The molecular weight excluding hydrogens is 192 g/mol. The largest absolute Gasteiger partial charge is 0.422 e. The maximum atomic E-state index is 11.5. The minimum absolute atomic E-state index is 0.138. The van der Waals surface area contributed by atoms with Gasteiger partial charge in [-0.3, -0.25) is 9.59 Å². The molecule has 1 unspecified atom stereocenters. The van der Waals surface area contributed by atoms with Crippen LogP contribution in [0.2, 0.25) is 0 Å². The first-order chi connectivity index (χ1) is 7.18. The van der Waals surface area contributed by atoms with E-state index in [4.69, 9.17) is 4.74 Å². The van der Waals surface area contributed by atoms with Crippen LogP contribution in [0.25, 0.3) is 6.08 Å². The third-order valence-corrected chi connectivity index (χ3v) is 2.30. The topological polar surface area (TPSA) is 43.4 Å². The van der Waals surface area contributed by atoms with Gasteiger partial charge in [0.15, 0.2) is 5.76 Å². The number of esters is 1. The number of ether oxygens (including phenoxy) is 1. The summed E-state index contributed by atoms with van der Waals surface area (Å²) in [6, 6.07) is 9.29. The van der Waals surface area contributed by atoms with Gasteiger partial charge in [0.25, 0.3) is 0 Å². The van der Waals surface area contributed by atoms with Crippen LogP contribution in [0.3, 0.4) is 0 Å². The molecule has 0 N–H and O–H groups in total. The number of Topliss-reactive ketones (excluding diaryl/α,β-unsaturated/α-hetero) is 1. The van der Waals surface area contributed by atoms with Gasteiger partial charge in [0.1, 0.15) is 5.92 Å². The van der Waals surface area contributed by atoms with Crippen LogP contribution in [0, 0.1) is 5.92 Å². The Balaban J connectivity index is 2.30. The van der Waals surface area contributed by atoms with Crippen LogP contribution < -0.4 is 0 Å². The molecule has 1 fully saturated rings. The molecule has 1 aliphatic rings. The van der Waals surface area contributed by atoms with Crippen LogP contribution in [0.1, 0.15) is 12.5 Å². The Labute approximate surface area is 87.4 Å². The van der Waals surface area contributed by atoms with Gasteiger partial charge in [-0.1, -0.05) is 30.3 Å². The number of cyclic esters (lactones) is 1. The summed E-state index contributed by atoms with van der Waals surface area (Å²) >= 11 is 0. The number of allylic oxidation sites excluding steroid dienone is 1. The van der Waals surface area contributed by atoms with E-state index >= 15 is 0 Å². The molecule has 1 aromatic carbocycles. The quantitative estimate of drug-likeness (QED) is 0.396. The second-order valence-corrected chi connectivity index (χ2v) is 3.43. The normalized spacial score (nSPS) is 23.3. The summed E-state index contributed by atoms with van der Waals surface area (Å²) in [5.74, 6) is -1.25. The monoisotopic (exact) mass is 202 g/mol. The first-order valence-electron chi connectivity index (χ1n) is 4.71. The lowest BCUT2D eigenvalue weighted by Crippen LogP contribution is -2.09. The molecule has 0 aromatic heterocycles. The second kappa shape index (κ2) is 3.69. The molecule has 1 heterocycles. The lowest BCUT2D eigenvalue weighted by atomic mass is 10.1. The second-order valence-electron chi connectivity index (χ2n) is 3.43. The van der Waals surface area contributed by atoms with E-state index in [-0.39, 0.29) is 11.5 Å². The molecule has 2 rings (SSSR count). The van der Waals surface area contributed by atoms with Crippen LogP contribution in [-0.4, -0.2) is 11.8 Å². The molecular formula is C12H10O3. The molecule has 0 radical (unpaired) electrons. The molecule has 3 nitrogen and oxygen atoms in total. The molecule has 1 aliphatic heterocycles. The highest BCUT2D eigenvalue weighted by atomic mass is 16.5. The zero-order valence-electron chi connectivity index (χ0n) is 8.27. The SMILES string of the molecule is CC1C(=O)O/C(=C/c2ccccc2)C1=O. The number of rotatable bonds is 1. The molecule has 15 heavy (non-hydrogen) atoms. The first kappa shape index (κ1) is 9.65. The minimum Gasteiger partial charge on any atom is -0.422 e. The zero-order valence-corrected chi connectivity index (χ0v) is 8.27. The fraction of sp³-hybridized carbons (Fsp3) is 0.167. The summed E-state index contributed by atoms with van der Waals surface area (Å²) in [5.41, 5.74) is 0.850. The lowest BCUT2D eigenvalue weighted by Gasteiger charge is -1.94. The van der Waals surface area contributed by atoms with E-state index in [1.807, 2.05) is 30.3 Å². The van der Waals surface area contributed by atoms with Crippen LogP contribution in [0.15, 0.2) is 36.1 Å². The molecule has 1 atom stereocenters. The highest BCUT2D eigenvalue weighted by molar-refractivity contribution is 6.14. The summed E-state index contributed by atoms with van der Waals surface area (Å²) < 4.78 is 4.86. The van der Waals surface area contributed by atoms with Gasteiger partial charge in [-0.05, 0) is 18.6 Å². The maximum Gasteiger partial charge on any atom is 0.322 e. The van der Waals surface area contributed by atoms with Gasteiger partial charge in [0.2, 0.25) is 5.78 Å². The molecule has 0 amide bonds. The van der Waals surface area contributed by atoms with Crippen molar-refractivity contribution in [3.63, 3.8) is 0 Å². The lowest BCUT2D eigenvalue weighted by molar-refractivity contribution is -0.138.